The summed E-state index contributed by atoms with van der Waals surface area (Å²) in [6, 6.07) is 0. The monoisotopic (exact) mass is 156 g/mol. The molecule has 0 aromatic rings. The Labute approximate surface area is 99.9 Å². The van der Waals surface area contributed by atoms with Gasteiger partial charge in [-0.1, -0.05) is 0 Å². The molecule has 0 rings (SSSR count). The lowest BCUT2D eigenvalue weighted by atomic mass is 8.64. The highest BCUT2D eigenvalue weighted by Crippen LogP contribution is 2.14. The van der Waals surface area contributed by atoms with Crippen LogP contribution in [0.15, 0.2) is 0 Å². The molecule has 0 amide bonds. The Morgan fingerprint density at radius 1 is 0.571 bits per heavy atom. The van der Waals surface area contributed by atoms with Crippen LogP contribution in [0.2, 0.25) is 5.62 Å². The lowest BCUT2D eigenvalue weighted by Crippen LogP contribution is -2.62. The van der Waals surface area contributed by atoms with Gasteiger partial charge in [0.05, 0.1) is 0 Å². The van der Waals surface area contributed by atoms with Crippen LogP contribution in [0.4, 0.5) is 0 Å². The SMILES string of the molecule is [B]B([B])B(B([B])[B])C(B([B])[B])B([B])[B]. The van der Waals surface area contributed by atoms with Crippen molar-refractivity contribution in [1.82, 2.24) is 0 Å². The first-order chi connectivity index (χ1) is 6.29. The van der Waals surface area contributed by atoms with Crippen LogP contribution in [0.3, 0.4) is 0 Å². The van der Waals surface area contributed by atoms with Gasteiger partial charge < -0.3 is 0 Å². The van der Waals surface area contributed by atoms with Crippen LogP contribution in [0.25, 0.3) is 0 Å². The molecule has 13 heteroatoms. The van der Waals surface area contributed by atoms with Crippen molar-refractivity contribution in [1.29, 1.82) is 0 Å². The molecule has 0 saturated heterocycles. The van der Waals surface area contributed by atoms with Gasteiger partial charge in [-0.25, -0.2) is 0 Å². The van der Waals surface area contributed by atoms with E-state index >= 15 is 0 Å². The smallest absolute Gasteiger partial charge is 0.0295 e. The summed E-state index contributed by atoms with van der Waals surface area (Å²) in [7, 11) is 44.1. The summed E-state index contributed by atoms with van der Waals surface area (Å²) in [4.78, 5) is 0. The maximum atomic E-state index is 5.51. The van der Waals surface area contributed by atoms with Gasteiger partial charge in [0.15, 0.2) is 0 Å². The van der Waals surface area contributed by atoms with Crippen LogP contribution < -0.4 is 0 Å². The average Bonchev–Trinajstić information content (AvgIpc) is 1.96. The highest BCUT2D eigenvalue weighted by Gasteiger charge is 2.33. The van der Waals surface area contributed by atoms with Crippen molar-refractivity contribution in [3.63, 3.8) is 0 Å². The van der Waals surface area contributed by atoms with Crippen molar-refractivity contribution in [2.45, 2.75) is 5.62 Å². The predicted octanol–water partition coefficient (Wildman–Crippen LogP) is -4.61. The highest BCUT2D eigenvalue weighted by molar-refractivity contribution is 7.84. The number of hydrogen-bond donors (Lipinski definition) is 0. The third-order valence-corrected chi connectivity index (χ3v) is 2.22. The van der Waals surface area contributed by atoms with Gasteiger partial charge >= 0.3 is 0 Å². The minimum Gasteiger partial charge on any atom is -0.146 e. The van der Waals surface area contributed by atoms with E-state index < -0.39 is 37.9 Å². The second-order valence-corrected chi connectivity index (χ2v) is 3.46. The second-order valence-electron chi connectivity index (χ2n) is 3.46. The molecule has 0 unspecified atom stereocenters. The average molecular weight is 154 g/mol. The normalized spacial score (nSPS) is 9.50. The Bertz CT molecular complexity index is 113. The highest BCUT2D eigenvalue weighted by atomic mass is 13.6. The van der Waals surface area contributed by atoms with E-state index in [1.807, 2.05) is 0 Å². The van der Waals surface area contributed by atoms with E-state index in [2.05, 4.69) is 0 Å². The van der Waals surface area contributed by atoms with Crippen LogP contribution in [-0.2, 0) is 0 Å². The largest absolute Gasteiger partial charge is 0.146 e. The van der Waals surface area contributed by atoms with E-state index in [0.717, 1.165) is 0 Å². The maximum Gasteiger partial charge on any atom is 0.0295 e. The fourth-order valence-electron chi connectivity index (χ4n) is 1.54. The molecular formula is CHB13. The van der Waals surface area contributed by atoms with E-state index in [0.29, 0.717) is 0 Å². The Morgan fingerprint density at radius 3 is 0.929 bits per heavy atom. The summed E-state index contributed by atoms with van der Waals surface area (Å²) >= 11 is 0. The fraction of sp³-hybridized carbons (Fsp3) is 1.00. The summed E-state index contributed by atoms with van der Waals surface area (Å²) in [5, 5.41) is 0. The first kappa shape index (κ1) is 14.8. The van der Waals surface area contributed by atoms with Gasteiger partial charge in [-0.3, -0.25) is 0 Å². The van der Waals surface area contributed by atoms with Crippen LogP contribution >= 0.6 is 0 Å². The van der Waals surface area contributed by atoms with E-state index in [9.17, 15) is 0 Å². The Morgan fingerprint density at radius 2 is 0.857 bits per heavy atom. The number of rotatable bonds is 5. The molecule has 0 N–H and O–H groups in total. The third-order valence-electron chi connectivity index (χ3n) is 2.22. The first-order valence-electron chi connectivity index (χ1n) is 4.33. The van der Waals surface area contributed by atoms with Gasteiger partial charge in [0.1, 0.15) is 0 Å². The van der Waals surface area contributed by atoms with Crippen molar-refractivity contribution < 1.29 is 0 Å². The Kier molecular flexibility index (Phi) is 6.82. The van der Waals surface area contributed by atoms with E-state index in [4.69, 9.17) is 61.9 Å². The lowest BCUT2D eigenvalue weighted by Gasteiger charge is -2.36. The summed E-state index contributed by atoms with van der Waals surface area (Å²) in [5.41, 5.74) is -0.519. The molecule has 0 atom stereocenters. The molecule has 0 spiro atoms. The molecule has 0 saturated carbocycles. The molecule has 0 heterocycles. The van der Waals surface area contributed by atoms with Gasteiger partial charge in [-0.15, -0.1) is 5.62 Å². The molecule has 0 aliphatic rings. The summed E-state index contributed by atoms with van der Waals surface area (Å²) < 4.78 is 0. The van der Waals surface area contributed by atoms with Gasteiger partial charge in [0.2, 0.25) is 0 Å². The molecule has 0 aliphatic carbocycles. The van der Waals surface area contributed by atoms with E-state index in [-0.39, 0.29) is 0 Å². The molecule has 0 nitrogen and oxygen atoms in total. The van der Waals surface area contributed by atoms with Gasteiger partial charge in [0.25, 0.3) is 0 Å². The van der Waals surface area contributed by atoms with Crippen LogP contribution in [0.5, 0.6) is 0 Å². The number of hydrogen-bond acceptors (Lipinski definition) is 0. The molecule has 0 fully saturated rings. The minimum atomic E-state index is -0.760. The predicted molar refractivity (Wildman–Crippen MR) is 78.6 cm³/mol. The third kappa shape index (κ3) is 4.15. The van der Waals surface area contributed by atoms with Crippen molar-refractivity contribution in [3.8, 4) is 0 Å². The van der Waals surface area contributed by atoms with Crippen LogP contribution in [0.1, 0.15) is 0 Å². The van der Waals surface area contributed by atoms with Crippen LogP contribution in [0, 0.1) is 0 Å². The summed E-state index contributed by atoms with van der Waals surface area (Å²) in [5.74, 6) is 0. The van der Waals surface area contributed by atoms with Crippen molar-refractivity contribution in [3.05, 3.63) is 0 Å². The summed E-state index contributed by atoms with van der Waals surface area (Å²) in [6.45, 7) is -2.04. The molecule has 0 bridgehead atoms. The van der Waals surface area contributed by atoms with Crippen molar-refractivity contribution in [2.75, 3.05) is 0 Å². The summed E-state index contributed by atoms with van der Waals surface area (Å²) in [6.07, 6.45) is -1.52. The zero-order valence-corrected chi connectivity index (χ0v) is 8.08. The van der Waals surface area contributed by atoms with Gasteiger partial charge in [-0.2, -0.15) is 0 Å². The standard InChI is InChI=1S/CHB13/c2-10(3)1(11(4)5)12(13(6)7)14(8)9/h1H. The Hall–Kier alpha value is 0.844. The quantitative estimate of drug-likeness (QED) is 0.349. The molecule has 0 aromatic heterocycles. The van der Waals surface area contributed by atoms with E-state index in [1.165, 1.54) is 0 Å². The maximum absolute atomic E-state index is 5.51. The minimum absolute atomic E-state index is 0.519. The molecule has 0 aromatic carbocycles. The topological polar surface area (TPSA) is 0 Å². The molecular weight excluding hydrogens is 153 g/mol. The van der Waals surface area contributed by atoms with Gasteiger partial charge in [0, 0.05) is 94.1 Å². The zero-order chi connectivity index (χ0) is 11.5. The van der Waals surface area contributed by atoms with Gasteiger partial charge in [-0.05, 0) is 0 Å². The molecule has 44 valence electrons. The van der Waals surface area contributed by atoms with Crippen molar-refractivity contribution >= 4 is 94.1 Å². The molecule has 0 aliphatic heterocycles. The van der Waals surface area contributed by atoms with Crippen molar-refractivity contribution in [2.24, 2.45) is 0 Å². The van der Waals surface area contributed by atoms with Crippen LogP contribution in [-0.4, -0.2) is 94.1 Å². The second kappa shape index (κ2) is 6.43. The zero-order valence-electron chi connectivity index (χ0n) is 8.08. The molecule has 14 heavy (non-hydrogen) atoms. The van der Waals surface area contributed by atoms with E-state index in [1.54, 1.807) is 0 Å². The first-order valence-corrected chi connectivity index (χ1v) is 4.33. The Balaban J connectivity index is 4.74. The lowest BCUT2D eigenvalue weighted by molar-refractivity contribution is 1.81. The fourth-order valence-corrected chi connectivity index (χ4v) is 1.54. The molecule has 16 radical (unpaired) electrons.